The van der Waals surface area contributed by atoms with Crippen LogP contribution in [0.1, 0.15) is 32.6 Å². The van der Waals surface area contributed by atoms with Gasteiger partial charge in [0.15, 0.2) is 0 Å². The Labute approximate surface area is 69.5 Å². The summed E-state index contributed by atoms with van der Waals surface area (Å²) in [4.78, 5) is 0. The average Bonchev–Trinajstić information content (AvgIpc) is 2.03. The number of hydrogen-bond acceptors (Lipinski definition) is 2. The zero-order valence-corrected chi connectivity index (χ0v) is 7.53. The number of nitrogens with two attached hydrogens (primary N) is 1. The van der Waals surface area contributed by atoms with Crippen LogP contribution >= 0.6 is 0 Å². The summed E-state index contributed by atoms with van der Waals surface area (Å²) in [5, 5.41) is 3.39. The van der Waals surface area contributed by atoms with Gasteiger partial charge in [0, 0.05) is 0 Å². The quantitative estimate of drug-likeness (QED) is 0.642. The van der Waals surface area contributed by atoms with Crippen molar-refractivity contribution < 1.29 is 0 Å². The Morgan fingerprint density at radius 3 is 2.55 bits per heavy atom. The van der Waals surface area contributed by atoms with Crippen molar-refractivity contribution in [1.29, 1.82) is 0 Å². The predicted molar refractivity (Wildman–Crippen MR) is 48.5 cm³/mol. The molecule has 0 aliphatic carbocycles. The SMILES string of the molecule is CC1(CCCN)CCNCC1. The van der Waals surface area contributed by atoms with Crippen LogP contribution in [0, 0.1) is 5.41 Å². The molecule has 2 nitrogen and oxygen atoms in total. The van der Waals surface area contributed by atoms with Crippen LogP contribution in [-0.4, -0.2) is 19.6 Å². The molecule has 1 fully saturated rings. The third-order valence-electron chi connectivity index (χ3n) is 2.80. The van der Waals surface area contributed by atoms with Crippen molar-refractivity contribution in [2.75, 3.05) is 19.6 Å². The smallest absolute Gasteiger partial charge is 0.00437 e. The summed E-state index contributed by atoms with van der Waals surface area (Å²) in [7, 11) is 0. The van der Waals surface area contributed by atoms with E-state index in [-0.39, 0.29) is 0 Å². The molecule has 1 rings (SSSR count). The highest BCUT2D eigenvalue weighted by Gasteiger charge is 2.25. The first-order valence-corrected chi connectivity index (χ1v) is 4.68. The maximum absolute atomic E-state index is 5.49. The molecule has 0 bridgehead atoms. The minimum Gasteiger partial charge on any atom is -0.330 e. The van der Waals surface area contributed by atoms with Gasteiger partial charge >= 0.3 is 0 Å². The van der Waals surface area contributed by atoms with Gasteiger partial charge in [-0.3, -0.25) is 0 Å². The van der Waals surface area contributed by atoms with E-state index in [1.807, 2.05) is 0 Å². The van der Waals surface area contributed by atoms with E-state index >= 15 is 0 Å². The van der Waals surface area contributed by atoms with Crippen LogP contribution in [-0.2, 0) is 0 Å². The van der Waals surface area contributed by atoms with Gasteiger partial charge in [0.05, 0.1) is 0 Å². The summed E-state index contributed by atoms with van der Waals surface area (Å²) in [5.74, 6) is 0. The summed E-state index contributed by atoms with van der Waals surface area (Å²) >= 11 is 0. The molecular weight excluding hydrogens is 136 g/mol. The maximum atomic E-state index is 5.49. The van der Waals surface area contributed by atoms with Crippen molar-refractivity contribution in [2.24, 2.45) is 11.1 Å². The molecule has 1 heterocycles. The molecule has 0 aromatic heterocycles. The van der Waals surface area contributed by atoms with Crippen LogP contribution in [0.25, 0.3) is 0 Å². The van der Waals surface area contributed by atoms with Crippen molar-refractivity contribution in [3.63, 3.8) is 0 Å². The Morgan fingerprint density at radius 2 is 2.00 bits per heavy atom. The Kier molecular flexibility index (Phi) is 3.34. The van der Waals surface area contributed by atoms with Gasteiger partial charge in [-0.15, -0.1) is 0 Å². The van der Waals surface area contributed by atoms with Gasteiger partial charge in [-0.2, -0.15) is 0 Å². The molecule has 0 spiro atoms. The summed E-state index contributed by atoms with van der Waals surface area (Å²) in [6, 6.07) is 0. The zero-order valence-electron chi connectivity index (χ0n) is 7.53. The van der Waals surface area contributed by atoms with E-state index in [1.54, 1.807) is 0 Å². The topological polar surface area (TPSA) is 38.0 Å². The van der Waals surface area contributed by atoms with E-state index in [4.69, 9.17) is 5.73 Å². The summed E-state index contributed by atoms with van der Waals surface area (Å²) in [5.41, 5.74) is 6.08. The standard InChI is InChI=1S/C9H20N2/c1-9(3-2-6-10)4-7-11-8-5-9/h11H,2-8,10H2,1H3. The number of piperidine rings is 1. The molecule has 0 aromatic rings. The molecule has 0 atom stereocenters. The van der Waals surface area contributed by atoms with Gasteiger partial charge < -0.3 is 11.1 Å². The lowest BCUT2D eigenvalue weighted by atomic mass is 9.77. The molecule has 0 aromatic carbocycles. The van der Waals surface area contributed by atoms with E-state index < -0.39 is 0 Å². The van der Waals surface area contributed by atoms with E-state index in [0.717, 1.165) is 6.54 Å². The third kappa shape index (κ3) is 2.80. The fourth-order valence-corrected chi connectivity index (χ4v) is 1.81. The minimum atomic E-state index is 0.588. The molecule has 1 aliphatic heterocycles. The second-order valence-electron chi connectivity index (χ2n) is 3.95. The zero-order chi connectivity index (χ0) is 8.16. The Bertz CT molecular complexity index is 106. The number of rotatable bonds is 3. The highest BCUT2D eigenvalue weighted by molar-refractivity contribution is 4.80. The van der Waals surface area contributed by atoms with E-state index in [0.29, 0.717) is 5.41 Å². The minimum absolute atomic E-state index is 0.588. The van der Waals surface area contributed by atoms with Crippen LogP contribution in [0.15, 0.2) is 0 Å². The second kappa shape index (κ2) is 4.07. The van der Waals surface area contributed by atoms with Crippen molar-refractivity contribution >= 4 is 0 Å². The van der Waals surface area contributed by atoms with Gasteiger partial charge in [0.2, 0.25) is 0 Å². The molecule has 0 amide bonds. The largest absolute Gasteiger partial charge is 0.330 e. The van der Waals surface area contributed by atoms with Crippen LogP contribution in [0.2, 0.25) is 0 Å². The molecule has 0 radical (unpaired) electrons. The fourth-order valence-electron chi connectivity index (χ4n) is 1.81. The van der Waals surface area contributed by atoms with Crippen molar-refractivity contribution in [1.82, 2.24) is 5.32 Å². The Morgan fingerprint density at radius 1 is 1.36 bits per heavy atom. The molecule has 0 unspecified atom stereocenters. The predicted octanol–water partition coefficient (Wildman–Crippen LogP) is 1.12. The molecule has 66 valence electrons. The first-order chi connectivity index (χ1) is 5.27. The molecule has 1 aliphatic rings. The number of nitrogens with one attached hydrogen (secondary N) is 1. The molecule has 11 heavy (non-hydrogen) atoms. The lowest BCUT2D eigenvalue weighted by Gasteiger charge is -2.34. The van der Waals surface area contributed by atoms with Gasteiger partial charge in [-0.25, -0.2) is 0 Å². The highest BCUT2D eigenvalue weighted by atomic mass is 14.9. The fraction of sp³-hybridized carbons (Fsp3) is 1.00. The molecule has 2 heteroatoms. The molecule has 3 N–H and O–H groups in total. The van der Waals surface area contributed by atoms with Gasteiger partial charge in [0.1, 0.15) is 0 Å². The monoisotopic (exact) mass is 156 g/mol. The average molecular weight is 156 g/mol. The Hall–Kier alpha value is -0.0800. The van der Waals surface area contributed by atoms with Crippen LogP contribution in [0.5, 0.6) is 0 Å². The van der Waals surface area contributed by atoms with Crippen molar-refractivity contribution in [3.05, 3.63) is 0 Å². The van der Waals surface area contributed by atoms with E-state index in [2.05, 4.69) is 12.2 Å². The first-order valence-electron chi connectivity index (χ1n) is 4.68. The summed E-state index contributed by atoms with van der Waals surface area (Å²) in [6.45, 7) is 5.63. The van der Waals surface area contributed by atoms with Gasteiger partial charge in [-0.05, 0) is 50.7 Å². The Balaban J connectivity index is 2.25. The number of hydrogen-bond donors (Lipinski definition) is 2. The second-order valence-corrected chi connectivity index (χ2v) is 3.95. The lowest BCUT2D eigenvalue weighted by Crippen LogP contribution is -2.34. The van der Waals surface area contributed by atoms with Gasteiger partial charge in [0.25, 0.3) is 0 Å². The van der Waals surface area contributed by atoms with Crippen molar-refractivity contribution in [2.45, 2.75) is 32.6 Å². The molecular formula is C9H20N2. The maximum Gasteiger partial charge on any atom is -0.00437 e. The molecule has 1 saturated heterocycles. The van der Waals surface area contributed by atoms with Crippen LogP contribution < -0.4 is 11.1 Å². The third-order valence-corrected chi connectivity index (χ3v) is 2.80. The summed E-state index contributed by atoms with van der Waals surface area (Å²) in [6.07, 6.45) is 5.15. The lowest BCUT2D eigenvalue weighted by molar-refractivity contribution is 0.208. The van der Waals surface area contributed by atoms with Crippen molar-refractivity contribution in [3.8, 4) is 0 Å². The summed E-state index contributed by atoms with van der Waals surface area (Å²) < 4.78 is 0. The first kappa shape index (κ1) is 9.01. The van der Waals surface area contributed by atoms with E-state index in [1.165, 1.54) is 38.8 Å². The normalized spacial score (nSPS) is 23.5. The van der Waals surface area contributed by atoms with E-state index in [9.17, 15) is 0 Å². The molecule has 0 saturated carbocycles. The van der Waals surface area contributed by atoms with Gasteiger partial charge in [-0.1, -0.05) is 6.92 Å². The van der Waals surface area contributed by atoms with Crippen LogP contribution in [0.4, 0.5) is 0 Å². The highest BCUT2D eigenvalue weighted by Crippen LogP contribution is 2.32. The van der Waals surface area contributed by atoms with Crippen LogP contribution in [0.3, 0.4) is 0 Å².